The molecule has 25 heavy (non-hydrogen) atoms. The first kappa shape index (κ1) is 18.0. The fourth-order valence-corrected chi connectivity index (χ4v) is 3.57. The number of nitrogens with one attached hydrogen (secondary N) is 1. The number of morpholine rings is 1. The van der Waals surface area contributed by atoms with Gasteiger partial charge in [-0.25, -0.2) is 4.98 Å². The number of aromatic nitrogens is 1. The van der Waals surface area contributed by atoms with Crippen LogP contribution in [0.15, 0.2) is 29.6 Å². The lowest BCUT2D eigenvalue weighted by molar-refractivity contribution is -0.0212. The topological polar surface area (TPSA) is 80.5 Å². The van der Waals surface area contributed by atoms with Crippen molar-refractivity contribution in [3.05, 3.63) is 51.5 Å². The van der Waals surface area contributed by atoms with Crippen LogP contribution in [-0.4, -0.2) is 41.6 Å². The van der Waals surface area contributed by atoms with E-state index in [1.165, 1.54) is 16.9 Å². The number of carbonyl (C=O) groups is 1. The molecule has 0 aliphatic carbocycles. The van der Waals surface area contributed by atoms with Crippen LogP contribution in [0.4, 0.5) is 0 Å². The van der Waals surface area contributed by atoms with E-state index < -0.39 is 0 Å². The largest absolute Gasteiger partial charge is 0.376 e. The van der Waals surface area contributed by atoms with E-state index in [0.717, 1.165) is 36.8 Å². The van der Waals surface area contributed by atoms with Gasteiger partial charge < -0.3 is 15.8 Å². The van der Waals surface area contributed by atoms with Crippen molar-refractivity contribution in [1.82, 2.24) is 15.2 Å². The number of hydrogen-bond acceptors (Lipinski definition) is 6. The smallest absolute Gasteiger partial charge is 0.271 e. The zero-order chi connectivity index (χ0) is 17.6. The van der Waals surface area contributed by atoms with E-state index in [2.05, 4.69) is 34.3 Å². The number of carbonyl (C=O) groups excluding carboxylic acids is 1. The Morgan fingerprint density at radius 1 is 1.48 bits per heavy atom. The standard InChI is InChI=1S/C18H24N4O2S/c1-13-10-22(5-6-24-13)11-15-4-2-3-14(7-15)9-20-18(23)16-12-25-17(8-19)21-16/h2-4,7,12-13H,5-6,8-11,19H2,1H3,(H,20,23). The van der Waals surface area contributed by atoms with Crippen molar-refractivity contribution in [1.29, 1.82) is 0 Å². The predicted molar refractivity (Wildman–Crippen MR) is 98.3 cm³/mol. The molecule has 6 nitrogen and oxygen atoms in total. The number of rotatable bonds is 6. The van der Waals surface area contributed by atoms with Gasteiger partial charge in [0.25, 0.3) is 5.91 Å². The highest BCUT2D eigenvalue weighted by Gasteiger charge is 2.16. The molecule has 1 unspecified atom stereocenters. The Hall–Kier alpha value is -1.80. The molecule has 0 radical (unpaired) electrons. The zero-order valence-electron chi connectivity index (χ0n) is 14.4. The lowest BCUT2D eigenvalue weighted by Crippen LogP contribution is -2.40. The summed E-state index contributed by atoms with van der Waals surface area (Å²) in [5.74, 6) is -0.164. The maximum atomic E-state index is 12.2. The molecule has 3 rings (SSSR count). The van der Waals surface area contributed by atoms with Gasteiger partial charge in [0.1, 0.15) is 10.7 Å². The highest BCUT2D eigenvalue weighted by Crippen LogP contribution is 2.13. The Bertz CT molecular complexity index is 719. The first-order chi connectivity index (χ1) is 12.1. The second-order valence-corrected chi connectivity index (χ2v) is 7.19. The molecule has 1 aliphatic rings. The van der Waals surface area contributed by atoms with Crippen molar-refractivity contribution in [3.63, 3.8) is 0 Å². The summed E-state index contributed by atoms with van der Waals surface area (Å²) >= 11 is 1.41. The fraction of sp³-hybridized carbons (Fsp3) is 0.444. The number of nitrogens with two attached hydrogens (primary N) is 1. The van der Waals surface area contributed by atoms with Gasteiger partial charge >= 0.3 is 0 Å². The first-order valence-corrected chi connectivity index (χ1v) is 9.36. The van der Waals surface area contributed by atoms with Gasteiger partial charge in [-0.3, -0.25) is 9.69 Å². The molecule has 2 heterocycles. The second-order valence-electron chi connectivity index (χ2n) is 6.25. The summed E-state index contributed by atoms with van der Waals surface area (Å²) in [4.78, 5) is 18.8. The van der Waals surface area contributed by atoms with Gasteiger partial charge in [-0.15, -0.1) is 11.3 Å². The lowest BCUT2D eigenvalue weighted by atomic mass is 10.1. The molecule has 1 amide bonds. The third-order valence-electron chi connectivity index (χ3n) is 4.13. The molecule has 0 saturated carbocycles. The first-order valence-electron chi connectivity index (χ1n) is 8.48. The molecule has 2 aromatic rings. The van der Waals surface area contributed by atoms with Crippen LogP contribution in [0, 0.1) is 0 Å². The number of benzene rings is 1. The average molecular weight is 360 g/mol. The van der Waals surface area contributed by atoms with Gasteiger partial charge in [-0.2, -0.15) is 0 Å². The van der Waals surface area contributed by atoms with E-state index in [4.69, 9.17) is 10.5 Å². The van der Waals surface area contributed by atoms with Crippen LogP contribution in [0.3, 0.4) is 0 Å². The van der Waals surface area contributed by atoms with E-state index in [-0.39, 0.29) is 12.0 Å². The summed E-state index contributed by atoms with van der Waals surface area (Å²) in [6.45, 7) is 6.55. The van der Waals surface area contributed by atoms with Crippen LogP contribution < -0.4 is 11.1 Å². The minimum absolute atomic E-state index is 0.164. The summed E-state index contributed by atoms with van der Waals surface area (Å²) in [7, 11) is 0. The lowest BCUT2D eigenvalue weighted by Gasteiger charge is -2.31. The van der Waals surface area contributed by atoms with E-state index in [9.17, 15) is 4.79 Å². The van der Waals surface area contributed by atoms with Crippen LogP contribution in [0.2, 0.25) is 0 Å². The van der Waals surface area contributed by atoms with Crippen LogP contribution >= 0.6 is 11.3 Å². The third kappa shape index (κ3) is 5.09. The molecule has 134 valence electrons. The number of amides is 1. The Kier molecular flexibility index (Phi) is 6.14. The normalized spacial score (nSPS) is 18.2. The number of thiazole rings is 1. The second kappa shape index (κ2) is 8.53. The summed E-state index contributed by atoms with van der Waals surface area (Å²) < 4.78 is 5.58. The Labute approximate surface area is 152 Å². The molecule has 1 aromatic heterocycles. The van der Waals surface area contributed by atoms with Crippen LogP contribution in [0.1, 0.15) is 33.5 Å². The Morgan fingerprint density at radius 3 is 3.08 bits per heavy atom. The Balaban J connectivity index is 1.55. The summed E-state index contributed by atoms with van der Waals surface area (Å²) in [5.41, 5.74) is 8.30. The van der Waals surface area contributed by atoms with Gasteiger partial charge in [-0.05, 0) is 18.1 Å². The van der Waals surface area contributed by atoms with Crippen molar-refractivity contribution in [2.75, 3.05) is 19.7 Å². The maximum Gasteiger partial charge on any atom is 0.271 e. The minimum atomic E-state index is -0.164. The molecular weight excluding hydrogens is 336 g/mol. The van der Waals surface area contributed by atoms with Crippen molar-refractivity contribution in [3.8, 4) is 0 Å². The zero-order valence-corrected chi connectivity index (χ0v) is 15.2. The van der Waals surface area contributed by atoms with Crippen molar-refractivity contribution >= 4 is 17.2 Å². The van der Waals surface area contributed by atoms with Crippen LogP contribution in [0.25, 0.3) is 0 Å². The number of hydrogen-bond donors (Lipinski definition) is 2. The Morgan fingerprint density at radius 2 is 2.32 bits per heavy atom. The fourth-order valence-electron chi connectivity index (χ4n) is 2.91. The van der Waals surface area contributed by atoms with E-state index in [0.29, 0.717) is 18.8 Å². The molecule has 3 N–H and O–H groups in total. The summed E-state index contributed by atoms with van der Waals surface area (Å²) in [6.07, 6.45) is 0.285. The van der Waals surface area contributed by atoms with Gasteiger partial charge in [0.05, 0.1) is 12.7 Å². The molecule has 1 fully saturated rings. The third-order valence-corrected chi connectivity index (χ3v) is 5.01. The molecular formula is C18H24N4O2S. The van der Waals surface area contributed by atoms with Crippen molar-refractivity contribution in [2.24, 2.45) is 5.73 Å². The van der Waals surface area contributed by atoms with Crippen molar-refractivity contribution < 1.29 is 9.53 Å². The summed E-state index contributed by atoms with van der Waals surface area (Å²) in [5, 5.41) is 5.44. The molecule has 1 aliphatic heterocycles. The predicted octanol–water partition coefficient (Wildman–Crippen LogP) is 1.75. The van der Waals surface area contributed by atoms with E-state index in [1.54, 1.807) is 5.38 Å². The van der Waals surface area contributed by atoms with E-state index >= 15 is 0 Å². The molecule has 0 spiro atoms. The highest BCUT2D eigenvalue weighted by atomic mass is 32.1. The van der Waals surface area contributed by atoms with Crippen molar-refractivity contribution in [2.45, 2.75) is 32.7 Å². The van der Waals surface area contributed by atoms with E-state index in [1.807, 2.05) is 12.1 Å². The number of ether oxygens (including phenoxy) is 1. The number of nitrogens with zero attached hydrogens (tertiary/aromatic N) is 2. The maximum absolute atomic E-state index is 12.2. The molecule has 1 aromatic carbocycles. The average Bonchev–Trinajstić information content (AvgIpc) is 3.09. The molecule has 7 heteroatoms. The molecule has 1 saturated heterocycles. The highest BCUT2D eigenvalue weighted by molar-refractivity contribution is 7.09. The van der Waals surface area contributed by atoms with Crippen LogP contribution in [0.5, 0.6) is 0 Å². The van der Waals surface area contributed by atoms with Gasteiger partial charge in [-0.1, -0.05) is 24.3 Å². The van der Waals surface area contributed by atoms with Crippen LogP contribution in [-0.2, 0) is 24.4 Å². The quantitative estimate of drug-likeness (QED) is 0.820. The summed E-state index contributed by atoms with van der Waals surface area (Å²) in [6, 6.07) is 8.33. The molecule has 1 atom stereocenters. The monoisotopic (exact) mass is 360 g/mol. The van der Waals surface area contributed by atoms with Gasteiger partial charge in [0.2, 0.25) is 0 Å². The SMILES string of the molecule is CC1CN(Cc2cccc(CNC(=O)c3csc(CN)n3)c2)CCO1. The van der Waals surface area contributed by atoms with Gasteiger partial charge in [0.15, 0.2) is 0 Å². The van der Waals surface area contributed by atoms with Gasteiger partial charge in [0, 0.05) is 38.1 Å². The minimum Gasteiger partial charge on any atom is -0.376 e. The molecule has 0 bridgehead atoms.